The Hall–Kier alpha value is -0.790. The quantitative estimate of drug-likeness (QED) is 0.609. The number of nitrogens with two attached hydrogens (primary N) is 1. The SMILES string of the molecule is C=C(C)C(CCC)CCC(N)=O. The molecule has 0 saturated heterocycles. The Balaban J connectivity index is 3.79. The van der Waals surface area contributed by atoms with E-state index < -0.39 is 0 Å². The third-order valence-corrected chi connectivity index (χ3v) is 2.07. The molecular formula is C10H19NO. The van der Waals surface area contributed by atoms with Crippen LogP contribution in [0.2, 0.25) is 0 Å². The molecule has 0 aliphatic rings. The van der Waals surface area contributed by atoms with Crippen molar-refractivity contribution >= 4 is 5.91 Å². The van der Waals surface area contributed by atoms with Gasteiger partial charge in [0.05, 0.1) is 0 Å². The predicted molar refractivity (Wildman–Crippen MR) is 51.6 cm³/mol. The van der Waals surface area contributed by atoms with Crippen LogP contribution in [-0.4, -0.2) is 5.91 Å². The summed E-state index contributed by atoms with van der Waals surface area (Å²) < 4.78 is 0. The minimum atomic E-state index is -0.211. The second-order valence-corrected chi connectivity index (χ2v) is 3.34. The van der Waals surface area contributed by atoms with E-state index in [1.54, 1.807) is 0 Å². The minimum absolute atomic E-state index is 0.211. The van der Waals surface area contributed by atoms with Gasteiger partial charge in [-0.25, -0.2) is 0 Å². The van der Waals surface area contributed by atoms with E-state index >= 15 is 0 Å². The number of hydrogen-bond acceptors (Lipinski definition) is 1. The van der Waals surface area contributed by atoms with E-state index in [9.17, 15) is 4.79 Å². The Kier molecular flexibility index (Phi) is 5.43. The lowest BCUT2D eigenvalue weighted by Crippen LogP contribution is -2.13. The largest absolute Gasteiger partial charge is 0.370 e. The third kappa shape index (κ3) is 4.94. The second-order valence-electron chi connectivity index (χ2n) is 3.34. The van der Waals surface area contributed by atoms with Crippen LogP contribution in [0, 0.1) is 5.92 Å². The summed E-state index contributed by atoms with van der Waals surface area (Å²) in [6, 6.07) is 0. The van der Waals surface area contributed by atoms with Gasteiger partial charge < -0.3 is 5.73 Å². The number of rotatable bonds is 6. The molecule has 0 saturated carbocycles. The molecular weight excluding hydrogens is 150 g/mol. The molecule has 0 heterocycles. The Morgan fingerprint density at radius 3 is 2.42 bits per heavy atom. The van der Waals surface area contributed by atoms with Gasteiger partial charge in [0, 0.05) is 6.42 Å². The molecule has 0 aliphatic carbocycles. The van der Waals surface area contributed by atoms with E-state index in [2.05, 4.69) is 13.5 Å². The van der Waals surface area contributed by atoms with Gasteiger partial charge >= 0.3 is 0 Å². The van der Waals surface area contributed by atoms with Crippen LogP contribution in [0.5, 0.6) is 0 Å². The fourth-order valence-corrected chi connectivity index (χ4v) is 1.30. The van der Waals surface area contributed by atoms with Gasteiger partial charge in [0.15, 0.2) is 0 Å². The van der Waals surface area contributed by atoms with E-state index in [1.165, 1.54) is 0 Å². The van der Waals surface area contributed by atoms with E-state index in [-0.39, 0.29) is 5.91 Å². The molecule has 0 aliphatic heterocycles. The maximum Gasteiger partial charge on any atom is 0.217 e. The number of carbonyl (C=O) groups excluding carboxylic acids is 1. The van der Waals surface area contributed by atoms with Gasteiger partial charge in [-0.2, -0.15) is 0 Å². The molecule has 1 atom stereocenters. The monoisotopic (exact) mass is 169 g/mol. The first-order chi connectivity index (χ1) is 5.57. The summed E-state index contributed by atoms with van der Waals surface area (Å²) in [5, 5.41) is 0. The van der Waals surface area contributed by atoms with Crippen molar-refractivity contribution in [1.82, 2.24) is 0 Å². The van der Waals surface area contributed by atoms with Gasteiger partial charge in [0.1, 0.15) is 0 Å². The van der Waals surface area contributed by atoms with Crippen molar-refractivity contribution in [3.63, 3.8) is 0 Å². The molecule has 0 radical (unpaired) electrons. The molecule has 0 rings (SSSR count). The van der Waals surface area contributed by atoms with E-state index in [4.69, 9.17) is 5.73 Å². The van der Waals surface area contributed by atoms with Crippen LogP contribution >= 0.6 is 0 Å². The zero-order chi connectivity index (χ0) is 9.56. The zero-order valence-electron chi connectivity index (χ0n) is 8.10. The van der Waals surface area contributed by atoms with Gasteiger partial charge in [-0.1, -0.05) is 25.5 Å². The Labute approximate surface area is 74.8 Å². The van der Waals surface area contributed by atoms with Gasteiger partial charge in [-0.3, -0.25) is 4.79 Å². The predicted octanol–water partition coefficient (Wildman–Crippen LogP) is 2.24. The van der Waals surface area contributed by atoms with Gasteiger partial charge in [0.25, 0.3) is 0 Å². The first-order valence-corrected chi connectivity index (χ1v) is 4.51. The van der Waals surface area contributed by atoms with E-state index in [0.29, 0.717) is 12.3 Å². The summed E-state index contributed by atoms with van der Waals surface area (Å²) in [5.41, 5.74) is 6.23. The maximum absolute atomic E-state index is 10.5. The van der Waals surface area contributed by atoms with E-state index in [1.807, 2.05) is 6.92 Å². The molecule has 1 amide bonds. The molecule has 12 heavy (non-hydrogen) atoms. The van der Waals surface area contributed by atoms with Crippen LogP contribution in [0.25, 0.3) is 0 Å². The fraction of sp³-hybridized carbons (Fsp3) is 0.700. The van der Waals surface area contributed by atoms with Crippen molar-refractivity contribution < 1.29 is 4.79 Å². The summed E-state index contributed by atoms with van der Waals surface area (Å²) in [6.45, 7) is 8.05. The van der Waals surface area contributed by atoms with Crippen LogP contribution in [0.15, 0.2) is 12.2 Å². The van der Waals surface area contributed by atoms with Crippen molar-refractivity contribution in [2.75, 3.05) is 0 Å². The lowest BCUT2D eigenvalue weighted by Gasteiger charge is -2.14. The Bertz CT molecular complexity index is 163. The topological polar surface area (TPSA) is 43.1 Å². The highest BCUT2D eigenvalue weighted by Gasteiger charge is 2.09. The summed E-state index contributed by atoms with van der Waals surface area (Å²) in [6.07, 6.45) is 3.59. The van der Waals surface area contributed by atoms with Crippen LogP contribution in [0.4, 0.5) is 0 Å². The molecule has 0 aromatic rings. The lowest BCUT2D eigenvalue weighted by molar-refractivity contribution is -0.118. The summed E-state index contributed by atoms with van der Waals surface area (Å²) in [4.78, 5) is 10.5. The van der Waals surface area contributed by atoms with Gasteiger partial charge in [-0.15, -0.1) is 0 Å². The molecule has 0 fully saturated rings. The highest BCUT2D eigenvalue weighted by Crippen LogP contribution is 2.20. The molecule has 0 aromatic heterocycles. The number of allylic oxidation sites excluding steroid dienone is 1. The smallest absolute Gasteiger partial charge is 0.217 e. The molecule has 70 valence electrons. The molecule has 0 bridgehead atoms. The standard InChI is InChI=1S/C10H19NO/c1-4-5-9(8(2)3)6-7-10(11)12/h9H,2,4-7H2,1,3H3,(H2,11,12). The molecule has 2 heteroatoms. The Morgan fingerprint density at radius 2 is 2.08 bits per heavy atom. The fourth-order valence-electron chi connectivity index (χ4n) is 1.30. The van der Waals surface area contributed by atoms with Crippen molar-refractivity contribution in [2.24, 2.45) is 11.7 Å². The molecule has 2 nitrogen and oxygen atoms in total. The number of carbonyl (C=O) groups is 1. The number of primary amides is 1. The number of hydrogen-bond donors (Lipinski definition) is 1. The average Bonchev–Trinajstić information content (AvgIpc) is 1.96. The van der Waals surface area contributed by atoms with Crippen LogP contribution < -0.4 is 5.73 Å². The minimum Gasteiger partial charge on any atom is -0.370 e. The summed E-state index contributed by atoms with van der Waals surface area (Å²) >= 11 is 0. The van der Waals surface area contributed by atoms with E-state index in [0.717, 1.165) is 24.8 Å². The average molecular weight is 169 g/mol. The highest BCUT2D eigenvalue weighted by molar-refractivity contribution is 5.73. The Morgan fingerprint density at radius 1 is 1.50 bits per heavy atom. The zero-order valence-corrected chi connectivity index (χ0v) is 8.10. The molecule has 2 N–H and O–H groups in total. The maximum atomic E-state index is 10.5. The van der Waals surface area contributed by atoms with Crippen molar-refractivity contribution in [1.29, 1.82) is 0 Å². The van der Waals surface area contributed by atoms with Crippen molar-refractivity contribution in [3.05, 3.63) is 12.2 Å². The third-order valence-electron chi connectivity index (χ3n) is 2.07. The molecule has 1 unspecified atom stereocenters. The van der Waals surface area contributed by atoms with Gasteiger partial charge in [-0.05, 0) is 25.7 Å². The van der Waals surface area contributed by atoms with Crippen molar-refractivity contribution in [3.8, 4) is 0 Å². The van der Waals surface area contributed by atoms with Crippen LogP contribution in [0.3, 0.4) is 0 Å². The van der Waals surface area contributed by atoms with Crippen molar-refractivity contribution in [2.45, 2.75) is 39.5 Å². The highest BCUT2D eigenvalue weighted by atomic mass is 16.1. The lowest BCUT2D eigenvalue weighted by atomic mass is 9.92. The molecule has 0 aromatic carbocycles. The summed E-state index contributed by atoms with van der Waals surface area (Å²) in [7, 11) is 0. The second kappa shape index (κ2) is 5.81. The number of amides is 1. The van der Waals surface area contributed by atoms with Gasteiger partial charge in [0.2, 0.25) is 5.91 Å². The summed E-state index contributed by atoms with van der Waals surface area (Å²) in [5.74, 6) is 0.264. The first-order valence-electron chi connectivity index (χ1n) is 4.51. The first kappa shape index (κ1) is 11.2. The normalized spacial score (nSPS) is 12.5. The van der Waals surface area contributed by atoms with Crippen LogP contribution in [0.1, 0.15) is 39.5 Å². The molecule has 0 spiro atoms. The van der Waals surface area contributed by atoms with Crippen LogP contribution in [-0.2, 0) is 4.79 Å².